The molecule has 0 aliphatic rings. The lowest BCUT2D eigenvalue weighted by molar-refractivity contribution is -0.118. The molecule has 0 fully saturated rings. The number of carbonyl (C=O) groups excluding carboxylic acids is 1. The molecule has 0 bridgehead atoms. The first-order valence-corrected chi connectivity index (χ1v) is 6.55. The van der Waals surface area contributed by atoms with Crippen molar-refractivity contribution in [3.05, 3.63) is 36.8 Å². The normalized spacial score (nSPS) is 13.9. The lowest BCUT2D eigenvalue weighted by atomic mass is 10.3. The van der Waals surface area contributed by atoms with Crippen LogP contribution in [0.25, 0.3) is 0 Å². The highest BCUT2D eigenvalue weighted by Crippen LogP contribution is 2.03. The molecule has 2 N–H and O–H groups in total. The molecule has 6 heteroatoms. The van der Waals surface area contributed by atoms with Gasteiger partial charge in [0.2, 0.25) is 5.91 Å². The van der Waals surface area contributed by atoms with E-state index in [9.17, 15) is 9.00 Å². The van der Waals surface area contributed by atoms with Crippen LogP contribution in [0.2, 0.25) is 0 Å². The summed E-state index contributed by atoms with van der Waals surface area (Å²) in [6.45, 7) is 3.46. The fourth-order valence-electron chi connectivity index (χ4n) is 1.10. The van der Waals surface area contributed by atoms with Crippen LogP contribution >= 0.6 is 0 Å². The maximum Gasteiger partial charge on any atom is 0.232 e. The van der Waals surface area contributed by atoms with Gasteiger partial charge in [0.25, 0.3) is 0 Å². The Balaban J connectivity index is 2.26. The first kappa shape index (κ1) is 13.7. The molecule has 0 saturated carbocycles. The van der Waals surface area contributed by atoms with Gasteiger partial charge < -0.3 is 14.8 Å². The maximum absolute atomic E-state index is 11.5. The van der Waals surface area contributed by atoms with Crippen LogP contribution in [0.3, 0.4) is 0 Å². The van der Waals surface area contributed by atoms with Gasteiger partial charge in [-0.3, -0.25) is 9.00 Å². The summed E-state index contributed by atoms with van der Waals surface area (Å²) >= 11 is 0. The van der Waals surface area contributed by atoms with E-state index in [-0.39, 0.29) is 24.0 Å². The van der Waals surface area contributed by atoms with Gasteiger partial charge in [-0.2, -0.15) is 0 Å². The third-order valence-corrected chi connectivity index (χ3v) is 3.15. The summed E-state index contributed by atoms with van der Waals surface area (Å²) in [5.74, 6) is 0.327. The molecule has 17 heavy (non-hydrogen) atoms. The number of aliphatic hydroxyl groups is 1. The van der Waals surface area contributed by atoms with Gasteiger partial charge in [-0.05, 0) is 12.1 Å². The minimum Gasteiger partial charge on any atom is -0.468 e. The summed E-state index contributed by atoms with van der Waals surface area (Å²) in [5, 5.41) is 11.6. The second kappa shape index (κ2) is 7.03. The second-order valence-electron chi connectivity index (χ2n) is 3.41. The monoisotopic (exact) mass is 257 g/mol. The Morgan fingerprint density at radius 2 is 2.47 bits per heavy atom. The van der Waals surface area contributed by atoms with E-state index in [2.05, 4.69) is 11.9 Å². The van der Waals surface area contributed by atoms with E-state index < -0.39 is 16.9 Å². The lowest BCUT2D eigenvalue weighted by Crippen LogP contribution is -2.34. The molecule has 1 rings (SSSR count). The van der Waals surface area contributed by atoms with Crippen LogP contribution in [-0.4, -0.2) is 33.6 Å². The van der Waals surface area contributed by atoms with Crippen molar-refractivity contribution >= 4 is 16.7 Å². The SMILES string of the molecule is C=CC(O)CNC(=O)CS(=O)Cc1ccco1. The van der Waals surface area contributed by atoms with Gasteiger partial charge in [-0.1, -0.05) is 6.08 Å². The molecule has 0 aliphatic heterocycles. The number of hydrogen-bond acceptors (Lipinski definition) is 4. The van der Waals surface area contributed by atoms with Crippen LogP contribution in [0.1, 0.15) is 5.76 Å². The Kier molecular flexibility index (Phi) is 5.65. The molecule has 0 aliphatic carbocycles. The van der Waals surface area contributed by atoms with Crippen molar-refractivity contribution in [2.24, 2.45) is 0 Å². The molecule has 94 valence electrons. The predicted molar refractivity (Wildman–Crippen MR) is 64.6 cm³/mol. The smallest absolute Gasteiger partial charge is 0.232 e. The summed E-state index contributed by atoms with van der Waals surface area (Å²) in [4.78, 5) is 11.3. The Labute approximate surface area is 102 Å². The highest BCUT2D eigenvalue weighted by atomic mass is 32.2. The number of aliphatic hydroxyl groups excluding tert-OH is 1. The van der Waals surface area contributed by atoms with E-state index in [0.717, 1.165) is 0 Å². The first-order valence-electron chi connectivity index (χ1n) is 5.06. The van der Waals surface area contributed by atoms with Crippen LogP contribution < -0.4 is 5.32 Å². The standard InChI is InChI=1S/C11H15NO4S/c1-2-9(13)6-12-11(14)8-17(15)7-10-4-3-5-16-10/h2-5,9,13H,1,6-8H2,(H,12,14). The van der Waals surface area contributed by atoms with Gasteiger partial charge in [0.15, 0.2) is 0 Å². The van der Waals surface area contributed by atoms with Gasteiger partial charge in [0, 0.05) is 17.3 Å². The van der Waals surface area contributed by atoms with Crippen molar-refractivity contribution < 1.29 is 18.5 Å². The van der Waals surface area contributed by atoms with Crippen LogP contribution in [0.4, 0.5) is 0 Å². The molecule has 1 heterocycles. The summed E-state index contributed by atoms with van der Waals surface area (Å²) in [7, 11) is -1.31. The van der Waals surface area contributed by atoms with E-state index in [1.165, 1.54) is 12.3 Å². The summed E-state index contributed by atoms with van der Waals surface area (Å²) in [6, 6.07) is 3.41. The highest BCUT2D eigenvalue weighted by Gasteiger charge is 2.10. The molecule has 2 atom stereocenters. The molecule has 0 aromatic carbocycles. The first-order chi connectivity index (χ1) is 8.11. The Morgan fingerprint density at radius 3 is 3.06 bits per heavy atom. The maximum atomic E-state index is 11.5. The zero-order chi connectivity index (χ0) is 12.7. The third-order valence-electron chi connectivity index (χ3n) is 1.96. The van der Waals surface area contributed by atoms with E-state index >= 15 is 0 Å². The number of rotatable bonds is 7. The van der Waals surface area contributed by atoms with Crippen LogP contribution in [0.15, 0.2) is 35.5 Å². The topological polar surface area (TPSA) is 79.5 Å². The zero-order valence-electron chi connectivity index (χ0n) is 9.30. The molecule has 0 radical (unpaired) electrons. The van der Waals surface area contributed by atoms with E-state index in [1.54, 1.807) is 12.1 Å². The zero-order valence-corrected chi connectivity index (χ0v) is 10.1. The fraction of sp³-hybridized carbons (Fsp3) is 0.364. The average Bonchev–Trinajstić information content (AvgIpc) is 2.78. The molecular weight excluding hydrogens is 242 g/mol. The van der Waals surface area contributed by atoms with E-state index in [0.29, 0.717) is 5.76 Å². The van der Waals surface area contributed by atoms with Gasteiger partial charge in [0.05, 0.1) is 18.1 Å². The van der Waals surface area contributed by atoms with Gasteiger partial charge in [-0.15, -0.1) is 6.58 Å². The second-order valence-corrected chi connectivity index (χ2v) is 4.87. The lowest BCUT2D eigenvalue weighted by Gasteiger charge is -2.07. The van der Waals surface area contributed by atoms with Gasteiger partial charge in [-0.25, -0.2) is 0 Å². The van der Waals surface area contributed by atoms with Crippen LogP contribution in [0.5, 0.6) is 0 Å². The van der Waals surface area contributed by atoms with Crippen molar-refractivity contribution in [1.82, 2.24) is 5.32 Å². The van der Waals surface area contributed by atoms with Crippen molar-refractivity contribution in [2.45, 2.75) is 11.9 Å². The van der Waals surface area contributed by atoms with E-state index in [4.69, 9.17) is 9.52 Å². The molecule has 0 spiro atoms. The van der Waals surface area contributed by atoms with Crippen molar-refractivity contribution in [3.8, 4) is 0 Å². The van der Waals surface area contributed by atoms with Crippen molar-refractivity contribution in [2.75, 3.05) is 12.3 Å². The number of amides is 1. The molecule has 5 nitrogen and oxygen atoms in total. The molecule has 1 aromatic heterocycles. The minimum atomic E-state index is -1.31. The highest BCUT2D eigenvalue weighted by molar-refractivity contribution is 7.84. The van der Waals surface area contributed by atoms with Crippen molar-refractivity contribution in [1.29, 1.82) is 0 Å². The molecule has 2 unspecified atom stereocenters. The van der Waals surface area contributed by atoms with Gasteiger partial charge in [0.1, 0.15) is 11.5 Å². The number of furan rings is 1. The quantitative estimate of drug-likeness (QED) is 0.683. The van der Waals surface area contributed by atoms with Crippen LogP contribution in [-0.2, 0) is 21.3 Å². The summed E-state index contributed by atoms with van der Waals surface area (Å²) in [6.07, 6.45) is 2.03. The molecule has 1 aromatic rings. The largest absolute Gasteiger partial charge is 0.468 e. The third kappa shape index (κ3) is 5.46. The predicted octanol–water partition coefficient (Wildman–Crippen LogP) is 0.191. The minimum absolute atomic E-state index is 0.0836. The summed E-state index contributed by atoms with van der Waals surface area (Å²) in [5.41, 5.74) is 0. The number of hydrogen-bond donors (Lipinski definition) is 2. The van der Waals surface area contributed by atoms with E-state index in [1.807, 2.05) is 0 Å². The fourth-order valence-corrected chi connectivity index (χ4v) is 2.08. The van der Waals surface area contributed by atoms with Crippen LogP contribution in [0, 0.1) is 0 Å². The Morgan fingerprint density at radius 1 is 1.71 bits per heavy atom. The molecule has 0 saturated heterocycles. The Bertz CT molecular complexity index is 388. The Hall–Kier alpha value is -1.40. The average molecular weight is 257 g/mol. The number of carbonyl (C=O) groups is 1. The number of nitrogens with one attached hydrogen (secondary N) is 1. The van der Waals surface area contributed by atoms with Crippen molar-refractivity contribution in [3.63, 3.8) is 0 Å². The summed E-state index contributed by atoms with van der Waals surface area (Å²) < 4.78 is 16.6. The molecular formula is C11H15NO4S. The molecule has 1 amide bonds. The van der Waals surface area contributed by atoms with Gasteiger partial charge >= 0.3 is 0 Å².